The van der Waals surface area contributed by atoms with Gasteiger partial charge in [-0.15, -0.1) is 0 Å². The lowest BCUT2D eigenvalue weighted by molar-refractivity contribution is -0.138. The summed E-state index contributed by atoms with van der Waals surface area (Å²) < 4.78 is 5.74. The van der Waals surface area contributed by atoms with E-state index < -0.39 is 5.97 Å². The molecule has 1 aliphatic carbocycles. The Hall–Kier alpha value is -3.15. The van der Waals surface area contributed by atoms with E-state index in [9.17, 15) is 14.4 Å². The zero-order chi connectivity index (χ0) is 24.1. The van der Waals surface area contributed by atoms with Crippen LogP contribution in [0, 0.1) is 12.8 Å². The summed E-state index contributed by atoms with van der Waals surface area (Å²) in [5.41, 5.74) is 5.52. The quantitative estimate of drug-likeness (QED) is 0.633. The molecule has 4 rings (SSSR count). The molecule has 180 valence electrons. The Kier molecular flexibility index (Phi) is 7.66. The monoisotopic (exact) mass is 463 g/mol. The predicted octanol–water partition coefficient (Wildman–Crippen LogP) is 4.88. The third-order valence-corrected chi connectivity index (χ3v) is 6.95. The van der Waals surface area contributed by atoms with Crippen molar-refractivity contribution in [3.8, 4) is 0 Å². The summed E-state index contributed by atoms with van der Waals surface area (Å²) >= 11 is 0. The second-order valence-corrected chi connectivity index (χ2v) is 9.78. The van der Waals surface area contributed by atoms with Gasteiger partial charge in [0, 0.05) is 32.4 Å². The third kappa shape index (κ3) is 6.46. The highest BCUT2D eigenvalue weighted by Gasteiger charge is 2.28. The Labute approximate surface area is 200 Å². The van der Waals surface area contributed by atoms with Crippen molar-refractivity contribution in [1.29, 1.82) is 0 Å². The van der Waals surface area contributed by atoms with Gasteiger partial charge in [-0.05, 0) is 67.2 Å². The number of ether oxygens (including phenoxy) is 1. The first kappa shape index (κ1) is 24.0. The summed E-state index contributed by atoms with van der Waals surface area (Å²) in [4.78, 5) is 37.9. The molecule has 0 saturated heterocycles. The summed E-state index contributed by atoms with van der Waals surface area (Å²) in [6.45, 7) is 3.14. The number of nitrogens with zero attached hydrogens (tertiary/aromatic N) is 1. The molecule has 2 aromatic carbocycles. The summed E-state index contributed by atoms with van der Waals surface area (Å²) in [6.07, 6.45) is 4.43. The van der Waals surface area contributed by atoms with Crippen LogP contribution in [0.3, 0.4) is 0 Å². The standard InChI is InChI=1S/C28H33NO5/c1-19-3-2-4-21(13-19)15-25(30)16-22-5-8-24-18-29(12-11-23(24)14-22)28(33)34-26-9-6-20(7-10-26)17-27(31)32/h2-5,8,13-14,20,26H,6-7,9-12,15-18H2,1H3,(H,31,32). The van der Waals surface area contributed by atoms with E-state index in [0.717, 1.165) is 54.4 Å². The van der Waals surface area contributed by atoms with Crippen LogP contribution in [0.5, 0.6) is 0 Å². The van der Waals surface area contributed by atoms with Crippen LogP contribution in [0.1, 0.15) is 59.9 Å². The number of carbonyl (C=O) groups excluding carboxylic acids is 2. The highest BCUT2D eigenvalue weighted by Crippen LogP contribution is 2.29. The molecule has 1 N–H and O–H groups in total. The van der Waals surface area contributed by atoms with E-state index in [1.807, 2.05) is 37.3 Å². The molecule has 0 aromatic heterocycles. The van der Waals surface area contributed by atoms with Crippen molar-refractivity contribution in [3.63, 3.8) is 0 Å². The molecule has 1 heterocycles. The number of hydrogen-bond donors (Lipinski definition) is 1. The van der Waals surface area contributed by atoms with Crippen LogP contribution >= 0.6 is 0 Å². The topological polar surface area (TPSA) is 83.9 Å². The van der Waals surface area contributed by atoms with Crippen molar-refractivity contribution in [1.82, 2.24) is 4.90 Å². The van der Waals surface area contributed by atoms with Crippen LogP contribution in [0.4, 0.5) is 4.79 Å². The molecule has 2 aromatic rings. The third-order valence-electron chi connectivity index (χ3n) is 6.95. The molecule has 6 nitrogen and oxygen atoms in total. The maximum Gasteiger partial charge on any atom is 0.410 e. The van der Waals surface area contributed by atoms with E-state index in [0.29, 0.717) is 25.9 Å². The molecule has 0 spiro atoms. The van der Waals surface area contributed by atoms with Crippen LogP contribution in [0.25, 0.3) is 0 Å². The lowest BCUT2D eigenvalue weighted by Crippen LogP contribution is -2.39. The number of rotatable bonds is 7. The first-order valence-electron chi connectivity index (χ1n) is 12.2. The fourth-order valence-electron chi connectivity index (χ4n) is 5.13. The summed E-state index contributed by atoms with van der Waals surface area (Å²) in [5, 5.41) is 8.95. The first-order chi connectivity index (χ1) is 16.4. The number of fused-ring (bicyclic) bond motifs is 1. The number of aryl methyl sites for hydroxylation is 1. The number of amides is 1. The Balaban J connectivity index is 1.27. The van der Waals surface area contributed by atoms with Crippen LogP contribution < -0.4 is 0 Å². The lowest BCUT2D eigenvalue weighted by atomic mass is 9.85. The zero-order valence-electron chi connectivity index (χ0n) is 19.8. The van der Waals surface area contributed by atoms with Gasteiger partial charge in [0.05, 0.1) is 0 Å². The number of aliphatic carboxylic acids is 1. The van der Waals surface area contributed by atoms with Crippen molar-refractivity contribution in [2.24, 2.45) is 5.92 Å². The van der Waals surface area contributed by atoms with Gasteiger partial charge in [0.1, 0.15) is 11.9 Å². The van der Waals surface area contributed by atoms with Gasteiger partial charge in [-0.25, -0.2) is 4.79 Å². The Morgan fingerprint density at radius 2 is 1.71 bits per heavy atom. The van der Waals surface area contributed by atoms with Gasteiger partial charge in [-0.1, -0.05) is 48.0 Å². The fraction of sp³-hybridized carbons (Fsp3) is 0.464. The van der Waals surface area contributed by atoms with Crippen LogP contribution in [-0.2, 0) is 40.1 Å². The van der Waals surface area contributed by atoms with Crippen molar-refractivity contribution in [2.75, 3.05) is 6.54 Å². The van der Waals surface area contributed by atoms with Crippen molar-refractivity contribution in [2.45, 2.75) is 70.9 Å². The van der Waals surface area contributed by atoms with E-state index in [2.05, 4.69) is 12.1 Å². The minimum atomic E-state index is -0.758. The van der Waals surface area contributed by atoms with Gasteiger partial charge in [-0.2, -0.15) is 0 Å². The molecule has 1 aliphatic heterocycles. The number of benzene rings is 2. The molecule has 34 heavy (non-hydrogen) atoms. The highest BCUT2D eigenvalue weighted by molar-refractivity contribution is 5.83. The van der Waals surface area contributed by atoms with Crippen LogP contribution in [-0.4, -0.2) is 40.5 Å². The normalized spacial score (nSPS) is 19.9. The average molecular weight is 464 g/mol. The number of ketones is 1. The van der Waals surface area contributed by atoms with E-state index in [1.165, 1.54) is 5.56 Å². The fourth-order valence-corrected chi connectivity index (χ4v) is 5.13. The Morgan fingerprint density at radius 3 is 2.41 bits per heavy atom. The number of carbonyl (C=O) groups is 3. The number of Topliss-reactive ketones (excluding diaryl/α,β-unsaturated/α-hetero) is 1. The number of hydrogen-bond acceptors (Lipinski definition) is 4. The Morgan fingerprint density at radius 1 is 0.971 bits per heavy atom. The van der Waals surface area contributed by atoms with Gasteiger partial charge in [0.2, 0.25) is 0 Å². The maximum absolute atomic E-state index is 12.7. The van der Waals surface area contributed by atoms with E-state index in [4.69, 9.17) is 9.84 Å². The molecule has 0 radical (unpaired) electrons. The maximum atomic E-state index is 12.7. The molecule has 0 unspecified atom stereocenters. The smallest absolute Gasteiger partial charge is 0.410 e. The van der Waals surface area contributed by atoms with Gasteiger partial charge in [0.25, 0.3) is 0 Å². The minimum absolute atomic E-state index is 0.124. The summed E-state index contributed by atoms with van der Waals surface area (Å²) in [7, 11) is 0. The molecule has 0 atom stereocenters. The van der Waals surface area contributed by atoms with E-state index in [-0.39, 0.29) is 30.3 Å². The van der Waals surface area contributed by atoms with E-state index in [1.54, 1.807) is 4.90 Å². The second kappa shape index (κ2) is 10.9. The zero-order valence-corrected chi connectivity index (χ0v) is 19.8. The Bertz CT molecular complexity index is 1050. The summed E-state index contributed by atoms with van der Waals surface area (Å²) in [5.74, 6) is -0.372. The van der Waals surface area contributed by atoms with E-state index >= 15 is 0 Å². The highest BCUT2D eigenvalue weighted by atomic mass is 16.6. The van der Waals surface area contributed by atoms with Gasteiger partial charge in [0.15, 0.2) is 0 Å². The molecule has 1 fully saturated rings. The molecule has 1 saturated carbocycles. The van der Waals surface area contributed by atoms with Crippen LogP contribution in [0.15, 0.2) is 42.5 Å². The molecule has 2 aliphatic rings. The molecular formula is C28H33NO5. The van der Waals surface area contributed by atoms with Crippen molar-refractivity contribution >= 4 is 17.8 Å². The first-order valence-corrected chi connectivity index (χ1v) is 12.2. The number of carboxylic acid groups (broad SMARTS) is 1. The predicted molar refractivity (Wildman–Crippen MR) is 129 cm³/mol. The number of carboxylic acids is 1. The van der Waals surface area contributed by atoms with Crippen LogP contribution in [0.2, 0.25) is 0 Å². The van der Waals surface area contributed by atoms with Gasteiger partial charge < -0.3 is 14.7 Å². The van der Waals surface area contributed by atoms with Crippen molar-refractivity contribution in [3.05, 3.63) is 70.3 Å². The van der Waals surface area contributed by atoms with Gasteiger partial charge >= 0.3 is 12.1 Å². The second-order valence-electron chi connectivity index (χ2n) is 9.78. The largest absolute Gasteiger partial charge is 0.481 e. The minimum Gasteiger partial charge on any atom is -0.481 e. The SMILES string of the molecule is Cc1cccc(CC(=O)Cc2ccc3c(c2)CCN(C(=O)OC2CCC(CC(=O)O)CC2)C3)c1. The van der Waals surface area contributed by atoms with Crippen molar-refractivity contribution < 1.29 is 24.2 Å². The molecule has 6 heteroatoms. The average Bonchev–Trinajstić information content (AvgIpc) is 2.79. The molecular weight excluding hydrogens is 430 g/mol. The van der Waals surface area contributed by atoms with Gasteiger partial charge in [-0.3, -0.25) is 9.59 Å². The molecule has 0 bridgehead atoms. The summed E-state index contributed by atoms with van der Waals surface area (Å²) in [6, 6.07) is 14.2. The molecule has 1 amide bonds. The lowest BCUT2D eigenvalue weighted by Gasteiger charge is -2.32.